The third kappa shape index (κ3) is 9.22. The van der Waals surface area contributed by atoms with Crippen molar-refractivity contribution in [3.05, 3.63) is 104 Å². The molecule has 0 aliphatic heterocycles. The Morgan fingerprint density at radius 2 is 1.04 bits per heavy atom. The van der Waals surface area contributed by atoms with E-state index in [2.05, 4.69) is 75.8 Å². The maximum absolute atomic E-state index is 12.1. The van der Waals surface area contributed by atoms with E-state index in [0.717, 1.165) is 12.0 Å². The summed E-state index contributed by atoms with van der Waals surface area (Å²) >= 11 is 0. The van der Waals surface area contributed by atoms with E-state index >= 15 is 0 Å². The van der Waals surface area contributed by atoms with Crippen molar-refractivity contribution in [3.63, 3.8) is 0 Å². The molecule has 12 nitrogen and oxygen atoms in total. The molecule has 52 heavy (non-hydrogen) atoms. The summed E-state index contributed by atoms with van der Waals surface area (Å²) in [7, 11) is 0. The second kappa shape index (κ2) is 14.6. The highest BCUT2D eigenvalue weighted by molar-refractivity contribution is 5.88. The smallest absolute Gasteiger partial charge is 0.296 e. The van der Waals surface area contributed by atoms with Gasteiger partial charge in [-0.05, 0) is 76.0 Å². The summed E-state index contributed by atoms with van der Waals surface area (Å²) in [6.45, 7) is 21.0. The molecule has 4 aromatic rings. The van der Waals surface area contributed by atoms with Crippen LogP contribution in [0.1, 0.15) is 93.2 Å². The Morgan fingerprint density at radius 3 is 1.52 bits per heavy atom. The van der Waals surface area contributed by atoms with E-state index in [1.165, 1.54) is 36.4 Å². The van der Waals surface area contributed by atoms with E-state index in [1.807, 2.05) is 26.0 Å². The van der Waals surface area contributed by atoms with Crippen molar-refractivity contribution in [2.45, 2.75) is 92.9 Å². The average molecular weight is 709 g/mol. The number of hydrogen-bond donors (Lipinski definition) is 2. The van der Waals surface area contributed by atoms with Gasteiger partial charge in [-0.25, -0.2) is 0 Å². The topological polar surface area (TPSA) is 176 Å². The Hall–Kier alpha value is -5.52. The van der Waals surface area contributed by atoms with E-state index in [1.54, 1.807) is 24.3 Å². The molecule has 0 bridgehead atoms. The summed E-state index contributed by atoms with van der Waals surface area (Å²) in [5.41, 5.74) is 0.133. The number of hydrogen-bond acceptors (Lipinski definition) is 10. The molecule has 0 fully saturated rings. The first kappa shape index (κ1) is 39.3. The number of phenolic OH excluding ortho intramolecular Hbond substituents is 2. The predicted molar refractivity (Wildman–Crippen MR) is 204 cm³/mol. The summed E-state index contributed by atoms with van der Waals surface area (Å²) in [5, 5.41) is 64.6. The van der Waals surface area contributed by atoms with Gasteiger partial charge in [0.1, 0.15) is 11.4 Å². The summed E-state index contributed by atoms with van der Waals surface area (Å²) in [6, 6.07) is 18.8. The molecule has 12 heteroatoms. The van der Waals surface area contributed by atoms with Crippen molar-refractivity contribution in [1.82, 2.24) is 0 Å². The highest BCUT2D eigenvalue weighted by atomic mass is 16.6. The SMILES string of the molecule is CC(C)(C)CC(C)(C)c1ccc(O)c(-c2cc(C(C)(C)CC(C)(C)C)c(N=Nc3ccccc3[N+](=O)[O-])c(N=Nc3ccccc3[N+](=O)[O-])c2O)c1. The standard InChI is InChI=1S/C40H48N6O6/c1-37(2,3)23-39(7,8)25-19-20-33(47)26(21-25)27-22-28(40(9,10)24-38(4,5)6)34(43-41-29-15-11-13-17-31(29)45(49)50)35(36(27)48)44-42-30-16-12-14-18-32(30)46(51)52/h11-22,47-48H,23-24H2,1-10H3. The van der Waals surface area contributed by atoms with Gasteiger partial charge in [0, 0.05) is 23.3 Å². The zero-order valence-corrected chi connectivity index (χ0v) is 31.6. The molecule has 0 aliphatic carbocycles. The number of nitrogens with zero attached hydrogens (tertiary/aromatic N) is 6. The Balaban J connectivity index is 2.14. The van der Waals surface area contributed by atoms with Gasteiger partial charge in [0.05, 0.1) is 9.85 Å². The lowest BCUT2D eigenvalue weighted by Gasteiger charge is -2.35. The van der Waals surface area contributed by atoms with Crippen molar-refractivity contribution < 1.29 is 20.1 Å². The maximum Gasteiger partial charge on any atom is 0.296 e. The maximum atomic E-state index is 12.1. The largest absolute Gasteiger partial charge is 0.507 e. The van der Waals surface area contributed by atoms with Crippen LogP contribution >= 0.6 is 0 Å². The molecule has 2 N–H and O–H groups in total. The van der Waals surface area contributed by atoms with Crippen molar-refractivity contribution in [1.29, 1.82) is 0 Å². The van der Waals surface area contributed by atoms with Crippen LogP contribution in [0.4, 0.5) is 34.1 Å². The van der Waals surface area contributed by atoms with Crippen LogP contribution in [0.15, 0.2) is 93.3 Å². The summed E-state index contributed by atoms with van der Waals surface area (Å²) in [6.07, 6.45) is 1.45. The zero-order chi connectivity index (χ0) is 38.8. The minimum absolute atomic E-state index is 0.00190. The molecular formula is C40H48N6O6. The summed E-state index contributed by atoms with van der Waals surface area (Å²) in [5.74, 6) is -0.490. The van der Waals surface area contributed by atoms with Crippen LogP contribution in [0.5, 0.6) is 11.5 Å². The van der Waals surface area contributed by atoms with Crippen LogP contribution in [-0.4, -0.2) is 20.1 Å². The molecule has 0 aromatic heterocycles. The highest BCUT2D eigenvalue weighted by Crippen LogP contribution is 2.54. The molecule has 0 aliphatic rings. The molecule has 0 atom stereocenters. The fraction of sp³-hybridized carbons (Fsp3) is 0.400. The molecule has 4 rings (SSSR count). The van der Waals surface area contributed by atoms with E-state index in [4.69, 9.17) is 0 Å². The van der Waals surface area contributed by atoms with Gasteiger partial charge in [0.25, 0.3) is 11.4 Å². The van der Waals surface area contributed by atoms with Gasteiger partial charge in [-0.1, -0.05) is 99.6 Å². The average Bonchev–Trinajstić information content (AvgIpc) is 3.01. The molecule has 0 heterocycles. The van der Waals surface area contributed by atoms with Crippen LogP contribution < -0.4 is 0 Å². The first-order valence-corrected chi connectivity index (χ1v) is 17.1. The molecular weight excluding hydrogens is 660 g/mol. The number of rotatable bonds is 11. The van der Waals surface area contributed by atoms with Crippen LogP contribution in [0.25, 0.3) is 11.1 Å². The molecule has 0 amide bonds. The molecule has 0 saturated carbocycles. The van der Waals surface area contributed by atoms with Gasteiger partial charge in [-0.3, -0.25) is 20.2 Å². The Kier molecular flexibility index (Phi) is 11.0. The van der Waals surface area contributed by atoms with Gasteiger partial charge in [0.2, 0.25) is 0 Å². The van der Waals surface area contributed by atoms with Crippen LogP contribution in [-0.2, 0) is 10.8 Å². The van der Waals surface area contributed by atoms with Gasteiger partial charge in [-0.2, -0.15) is 0 Å². The number of benzene rings is 4. The number of azo groups is 2. The van der Waals surface area contributed by atoms with Gasteiger partial charge in [0.15, 0.2) is 22.8 Å². The number of nitro groups is 2. The minimum atomic E-state index is -0.681. The second-order valence-corrected chi connectivity index (χ2v) is 16.9. The number of para-hydroxylation sites is 2. The highest BCUT2D eigenvalue weighted by Gasteiger charge is 2.34. The van der Waals surface area contributed by atoms with Gasteiger partial charge >= 0.3 is 0 Å². The van der Waals surface area contributed by atoms with Crippen molar-refractivity contribution >= 4 is 34.1 Å². The molecule has 274 valence electrons. The second-order valence-electron chi connectivity index (χ2n) is 16.9. The number of nitro benzene ring substituents is 2. The van der Waals surface area contributed by atoms with E-state index in [0.29, 0.717) is 17.5 Å². The van der Waals surface area contributed by atoms with Crippen molar-refractivity contribution in [3.8, 4) is 22.6 Å². The summed E-state index contributed by atoms with van der Waals surface area (Å²) in [4.78, 5) is 22.5. The quantitative estimate of drug-likeness (QED) is 0.0889. The molecule has 0 radical (unpaired) electrons. The van der Waals surface area contributed by atoms with Crippen LogP contribution in [0, 0.1) is 31.1 Å². The number of phenols is 2. The van der Waals surface area contributed by atoms with Gasteiger partial charge < -0.3 is 10.2 Å². The van der Waals surface area contributed by atoms with E-state index in [9.17, 15) is 30.4 Å². The fourth-order valence-electron chi connectivity index (χ4n) is 7.20. The molecule has 0 spiro atoms. The molecule has 0 saturated heterocycles. The predicted octanol–water partition coefficient (Wildman–Crippen LogP) is 12.8. The first-order valence-electron chi connectivity index (χ1n) is 17.1. The zero-order valence-electron chi connectivity index (χ0n) is 31.6. The monoisotopic (exact) mass is 708 g/mol. The minimum Gasteiger partial charge on any atom is -0.507 e. The lowest BCUT2D eigenvalue weighted by molar-refractivity contribution is -0.384. The van der Waals surface area contributed by atoms with Crippen molar-refractivity contribution in [2.75, 3.05) is 0 Å². The Bertz CT molecular complexity index is 2050. The fourth-order valence-corrected chi connectivity index (χ4v) is 7.20. The lowest BCUT2D eigenvalue weighted by Crippen LogP contribution is -2.25. The van der Waals surface area contributed by atoms with Crippen molar-refractivity contribution in [2.24, 2.45) is 31.3 Å². The normalized spacial score (nSPS) is 12.9. The third-order valence-corrected chi connectivity index (χ3v) is 8.66. The summed E-state index contributed by atoms with van der Waals surface area (Å²) < 4.78 is 0. The van der Waals surface area contributed by atoms with E-state index in [-0.39, 0.29) is 61.7 Å². The van der Waals surface area contributed by atoms with E-state index < -0.39 is 21.0 Å². The third-order valence-electron chi connectivity index (χ3n) is 8.66. The number of aromatic hydroxyl groups is 2. The van der Waals surface area contributed by atoms with Gasteiger partial charge in [-0.15, -0.1) is 20.5 Å². The van der Waals surface area contributed by atoms with Crippen LogP contribution in [0.3, 0.4) is 0 Å². The molecule has 0 unspecified atom stereocenters. The Labute approximate surface area is 304 Å². The van der Waals surface area contributed by atoms with Crippen LogP contribution in [0.2, 0.25) is 0 Å². The lowest BCUT2D eigenvalue weighted by atomic mass is 9.70. The first-order chi connectivity index (χ1) is 24.0. The Morgan fingerprint density at radius 1 is 0.577 bits per heavy atom. The molecule has 4 aromatic carbocycles.